The van der Waals surface area contributed by atoms with Crippen molar-refractivity contribution in [3.63, 3.8) is 0 Å². The highest BCUT2D eigenvalue weighted by molar-refractivity contribution is 7.46. The maximum Gasteiger partial charge on any atom is 0.511 e. The Kier molecular flexibility index (Phi) is 15.0. The van der Waals surface area contributed by atoms with E-state index in [1.807, 2.05) is 13.8 Å². The Hall–Kier alpha value is -5.64. The van der Waals surface area contributed by atoms with Crippen LogP contribution in [0.3, 0.4) is 0 Å². The van der Waals surface area contributed by atoms with Crippen LogP contribution in [0, 0.1) is 22.5 Å². The summed E-state index contributed by atoms with van der Waals surface area (Å²) in [5.41, 5.74) is -3.53. The number of carbonyl (C=O) groups excluding carboxylic acids is 4. The van der Waals surface area contributed by atoms with Gasteiger partial charge in [0.05, 0.1) is 11.8 Å². The van der Waals surface area contributed by atoms with Gasteiger partial charge in [-0.15, -0.1) is 0 Å². The molecule has 3 atom stereocenters. The average Bonchev–Trinajstić information content (AvgIpc) is 3.26. The zero-order valence-electron chi connectivity index (χ0n) is 33.2. The minimum atomic E-state index is -5.01. The number of carboxylic acid groups (broad SMARTS) is 1. The van der Waals surface area contributed by atoms with Gasteiger partial charge in [0.1, 0.15) is 30.3 Å². The number of benzene rings is 1. The van der Waals surface area contributed by atoms with Crippen LogP contribution in [-0.4, -0.2) is 116 Å². The molecule has 1 aromatic carbocycles. The number of nitrogens with one attached hydrogen (secondary N) is 1. The summed E-state index contributed by atoms with van der Waals surface area (Å²) in [7, 11) is -5.01. The van der Waals surface area contributed by atoms with E-state index in [9.17, 15) is 52.4 Å². The lowest BCUT2D eigenvalue weighted by atomic mass is 9.74. The van der Waals surface area contributed by atoms with Crippen LogP contribution >= 0.6 is 7.82 Å². The summed E-state index contributed by atoms with van der Waals surface area (Å²) in [6.07, 6.45) is -0.214. The number of oxime groups is 1. The SMILES string of the molecule is C/C(C[C@@]1(C)CC[C@H](C)N2C[C@H]1n1cc(C(=O)NCc3ccc(F)cc3F)c(=O)c(OCOC(=O)OCC(C)(C)CN(CC(=O)O)C(=O)OCOP(=O)(O)O)c1C2=O)=N/O. The smallest absolute Gasteiger partial charge is 0.480 e. The zero-order chi connectivity index (χ0) is 44.7. The van der Waals surface area contributed by atoms with Gasteiger partial charge in [0, 0.05) is 48.9 Å². The van der Waals surface area contributed by atoms with Crippen LogP contribution < -0.4 is 15.5 Å². The van der Waals surface area contributed by atoms with Gasteiger partial charge in [0.15, 0.2) is 5.69 Å². The van der Waals surface area contributed by atoms with E-state index in [2.05, 4.69) is 19.7 Å². The number of aliphatic carboxylic acids is 1. The fourth-order valence-electron chi connectivity index (χ4n) is 6.99. The Balaban J connectivity index is 1.59. The number of carbonyl (C=O) groups is 5. The van der Waals surface area contributed by atoms with Crippen molar-refractivity contribution >= 4 is 43.6 Å². The average molecular weight is 874 g/mol. The molecule has 3 heterocycles. The van der Waals surface area contributed by atoms with Gasteiger partial charge in [-0.1, -0.05) is 32.0 Å². The number of nitrogens with zero attached hydrogens (tertiary/aromatic N) is 4. The molecule has 2 bridgehead atoms. The summed E-state index contributed by atoms with van der Waals surface area (Å²) in [6.45, 7) is 3.86. The first kappa shape index (κ1) is 47.0. The van der Waals surface area contributed by atoms with Crippen molar-refractivity contribution in [2.45, 2.75) is 72.5 Å². The van der Waals surface area contributed by atoms with E-state index in [1.165, 1.54) is 24.6 Å². The van der Waals surface area contributed by atoms with Crippen molar-refractivity contribution in [1.82, 2.24) is 19.7 Å². The second-order valence-corrected chi connectivity index (χ2v) is 16.6. The highest BCUT2D eigenvalue weighted by atomic mass is 31.2. The number of hydrogen-bond donors (Lipinski definition) is 5. The summed E-state index contributed by atoms with van der Waals surface area (Å²) in [4.78, 5) is 98.1. The Bertz CT molecular complexity index is 2130. The Morgan fingerprint density at radius 2 is 1.82 bits per heavy atom. The van der Waals surface area contributed by atoms with Crippen LogP contribution in [0.1, 0.15) is 86.3 Å². The van der Waals surface area contributed by atoms with Gasteiger partial charge in [-0.3, -0.25) is 24.1 Å². The van der Waals surface area contributed by atoms with Crippen LogP contribution in [0.2, 0.25) is 0 Å². The highest BCUT2D eigenvalue weighted by Gasteiger charge is 2.48. The number of pyridine rings is 1. The van der Waals surface area contributed by atoms with Gasteiger partial charge in [0.2, 0.25) is 24.8 Å². The molecule has 1 saturated heterocycles. The summed E-state index contributed by atoms with van der Waals surface area (Å²) in [6, 6.07) is 1.77. The lowest BCUT2D eigenvalue weighted by Crippen LogP contribution is -2.50. The van der Waals surface area contributed by atoms with Gasteiger partial charge in [-0.25, -0.2) is 27.5 Å². The molecular weight excluding hydrogens is 827 g/mol. The lowest BCUT2D eigenvalue weighted by Gasteiger charge is -2.43. The molecule has 1 aromatic heterocycles. The van der Waals surface area contributed by atoms with Crippen LogP contribution in [0.15, 0.2) is 34.3 Å². The number of fused-ring (bicyclic) bond motifs is 4. The Morgan fingerprint density at radius 3 is 2.45 bits per heavy atom. The summed E-state index contributed by atoms with van der Waals surface area (Å²) in [5.74, 6) is -5.57. The molecule has 2 aliphatic rings. The Labute approximate surface area is 341 Å². The third-order valence-corrected chi connectivity index (χ3v) is 10.4. The molecule has 0 aliphatic carbocycles. The molecule has 0 radical (unpaired) electrons. The lowest BCUT2D eigenvalue weighted by molar-refractivity contribution is -0.138. The molecule has 1 fully saturated rings. The van der Waals surface area contributed by atoms with Crippen LogP contribution in [0.4, 0.5) is 18.4 Å². The van der Waals surface area contributed by atoms with Gasteiger partial charge in [-0.05, 0) is 44.6 Å². The molecule has 330 valence electrons. The third-order valence-electron chi connectivity index (χ3n) is 9.93. The highest BCUT2D eigenvalue weighted by Crippen LogP contribution is 2.47. The largest absolute Gasteiger partial charge is 0.511 e. The van der Waals surface area contributed by atoms with E-state index in [-0.39, 0.29) is 30.3 Å². The standard InChI is InChI=1S/C36H46F2N5O16P/c1-20(40-51)11-36(5)9-8-21(2)42-14-26(36)43-13-24(31(47)39-12-22-6-7-23(37)10-25(22)38)29(46)30(28(43)32(42)48)56-18-58-34(50)55-17-35(3,4)16-41(15-27(44)45)33(49)57-19-59-60(52,53)54/h6-7,10,13,21,26,51H,8-9,11-12,14-19H2,1-5H3,(H,39,47)(H,44,45)(H2,52,53,54)/b40-20-/t21-,26+,36+/m0/s1. The first-order valence-corrected chi connectivity index (χ1v) is 19.7. The Morgan fingerprint density at radius 1 is 1.12 bits per heavy atom. The quantitative estimate of drug-likeness (QED) is 0.0379. The first-order valence-electron chi connectivity index (χ1n) is 18.2. The summed E-state index contributed by atoms with van der Waals surface area (Å²) < 4.78 is 64.7. The van der Waals surface area contributed by atoms with E-state index in [1.54, 1.807) is 11.8 Å². The van der Waals surface area contributed by atoms with Crippen molar-refractivity contribution < 1.29 is 80.9 Å². The molecule has 4 rings (SSSR count). The van der Waals surface area contributed by atoms with E-state index in [0.717, 1.165) is 12.1 Å². The molecule has 0 unspecified atom stereocenters. The van der Waals surface area contributed by atoms with Crippen molar-refractivity contribution in [1.29, 1.82) is 0 Å². The molecule has 5 N–H and O–H groups in total. The second kappa shape index (κ2) is 19.2. The third kappa shape index (κ3) is 12.0. The fourth-order valence-corrected chi connectivity index (χ4v) is 7.18. The maximum absolute atomic E-state index is 14.4. The first-order chi connectivity index (χ1) is 27.9. The van der Waals surface area contributed by atoms with Gasteiger partial charge >= 0.3 is 26.0 Å². The number of phosphoric acid groups is 1. The predicted molar refractivity (Wildman–Crippen MR) is 200 cm³/mol. The van der Waals surface area contributed by atoms with E-state index in [0.29, 0.717) is 29.5 Å². The number of halogens is 2. The minimum absolute atomic E-state index is 0.0911. The van der Waals surface area contributed by atoms with Gasteiger partial charge in [0.25, 0.3) is 11.8 Å². The maximum atomic E-state index is 14.4. The molecule has 60 heavy (non-hydrogen) atoms. The van der Waals surface area contributed by atoms with Gasteiger partial charge in [-0.2, -0.15) is 0 Å². The van der Waals surface area contributed by atoms with E-state index >= 15 is 0 Å². The van der Waals surface area contributed by atoms with Gasteiger partial charge < -0.3 is 53.8 Å². The monoisotopic (exact) mass is 873 g/mol. The molecule has 2 aliphatic heterocycles. The fraction of sp³-hybridized carbons (Fsp3) is 0.528. The topological polar surface area (TPSA) is 282 Å². The molecule has 24 heteroatoms. The van der Waals surface area contributed by atoms with E-state index < -0.39 is 123 Å². The van der Waals surface area contributed by atoms with E-state index in [4.69, 9.17) is 24.0 Å². The number of hydrogen-bond acceptors (Lipinski definition) is 14. The molecular formula is C36H46F2N5O16P. The molecule has 2 aromatic rings. The normalized spacial score (nSPS) is 19.1. The number of phosphoric ester groups is 1. The molecule has 21 nitrogen and oxygen atoms in total. The van der Waals surface area contributed by atoms with Crippen molar-refractivity contribution in [3.8, 4) is 5.75 Å². The zero-order valence-corrected chi connectivity index (χ0v) is 34.1. The minimum Gasteiger partial charge on any atom is -0.480 e. The van der Waals surface area contributed by atoms with Crippen LogP contribution in [0.5, 0.6) is 5.75 Å². The second-order valence-electron chi connectivity index (χ2n) is 15.4. The number of amides is 3. The molecule has 0 saturated carbocycles. The number of rotatable bonds is 17. The van der Waals surface area contributed by atoms with Crippen LogP contribution in [-0.2, 0) is 34.6 Å². The summed E-state index contributed by atoms with van der Waals surface area (Å²) in [5, 5.41) is 24.6. The number of ether oxygens (including phenoxy) is 4. The predicted octanol–water partition coefficient (Wildman–Crippen LogP) is 3.59. The van der Waals surface area contributed by atoms with Crippen molar-refractivity contribution in [2.75, 3.05) is 39.8 Å². The summed E-state index contributed by atoms with van der Waals surface area (Å²) >= 11 is 0. The molecule has 0 spiro atoms. The molecule has 3 amide bonds. The van der Waals surface area contributed by atoms with Crippen LogP contribution in [0.25, 0.3) is 0 Å². The van der Waals surface area contributed by atoms with Crippen molar-refractivity contribution in [2.24, 2.45) is 16.0 Å². The van der Waals surface area contributed by atoms with Crippen molar-refractivity contribution in [3.05, 3.63) is 63.1 Å². The number of carboxylic acids is 1. The number of aromatic nitrogens is 1.